The van der Waals surface area contributed by atoms with Gasteiger partial charge in [-0.3, -0.25) is 0 Å². The van der Waals surface area contributed by atoms with Crippen LogP contribution in [0.15, 0.2) is 40.9 Å². The minimum absolute atomic E-state index is 1.17. The molecule has 0 bridgehead atoms. The summed E-state index contributed by atoms with van der Waals surface area (Å²) in [4.78, 5) is 0. The molecular weight excluding hydrogens is 296 g/mol. The number of hydrogen-bond acceptors (Lipinski definition) is 0. The molecule has 0 amide bonds. The molecule has 0 saturated heterocycles. The van der Waals surface area contributed by atoms with Crippen LogP contribution in [-0.4, -0.2) is 0 Å². The molecule has 0 aliphatic carbocycles. The number of halogens is 1. The second-order valence-electron chi connectivity index (χ2n) is 5.19. The Balaban J connectivity index is 1.96. The van der Waals surface area contributed by atoms with Crippen LogP contribution in [0.3, 0.4) is 0 Å². The van der Waals surface area contributed by atoms with Crippen LogP contribution in [-0.2, 0) is 6.42 Å². The van der Waals surface area contributed by atoms with Gasteiger partial charge in [0.05, 0.1) is 0 Å². The SMILES string of the molecule is CCCCCCCC=CCCCc1ccc(Br)cc1. The lowest BCUT2D eigenvalue weighted by atomic mass is 10.1. The van der Waals surface area contributed by atoms with Crippen molar-refractivity contribution in [3.8, 4) is 0 Å². The smallest absolute Gasteiger partial charge is 0.0175 e. The quantitative estimate of drug-likeness (QED) is 0.332. The number of benzene rings is 1. The lowest BCUT2D eigenvalue weighted by molar-refractivity contribution is 0.637. The summed E-state index contributed by atoms with van der Waals surface area (Å²) in [5.41, 5.74) is 1.44. The van der Waals surface area contributed by atoms with Crippen LogP contribution in [0.5, 0.6) is 0 Å². The van der Waals surface area contributed by atoms with E-state index in [9.17, 15) is 0 Å². The van der Waals surface area contributed by atoms with Gasteiger partial charge in [-0.25, -0.2) is 0 Å². The van der Waals surface area contributed by atoms with Gasteiger partial charge in [0, 0.05) is 4.47 Å². The fourth-order valence-electron chi connectivity index (χ4n) is 2.18. The lowest BCUT2D eigenvalue weighted by Crippen LogP contribution is -1.83. The molecule has 0 fully saturated rings. The first kappa shape index (κ1) is 16.5. The van der Waals surface area contributed by atoms with Gasteiger partial charge in [-0.15, -0.1) is 0 Å². The highest BCUT2D eigenvalue weighted by atomic mass is 79.9. The van der Waals surface area contributed by atoms with E-state index in [-0.39, 0.29) is 0 Å². The van der Waals surface area contributed by atoms with Crippen molar-refractivity contribution in [1.82, 2.24) is 0 Å². The second kappa shape index (κ2) is 11.3. The van der Waals surface area contributed by atoms with Gasteiger partial charge in [0.2, 0.25) is 0 Å². The van der Waals surface area contributed by atoms with Crippen LogP contribution in [0.4, 0.5) is 0 Å². The van der Waals surface area contributed by atoms with E-state index in [2.05, 4.69) is 59.3 Å². The molecule has 1 heteroatoms. The van der Waals surface area contributed by atoms with E-state index in [1.807, 2.05) is 0 Å². The number of aryl methyl sites for hydroxylation is 1. The van der Waals surface area contributed by atoms with Gasteiger partial charge in [0.1, 0.15) is 0 Å². The van der Waals surface area contributed by atoms with Crippen LogP contribution in [0.2, 0.25) is 0 Å². The van der Waals surface area contributed by atoms with Crippen molar-refractivity contribution in [2.24, 2.45) is 0 Å². The molecule has 0 N–H and O–H groups in total. The second-order valence-corrected chi connectivity index (χ2v) is 6.11. The summed E-state index contributed by atoms with van der Waals surface area (Å²) in [5, 5.41) is 0. The third-order valence-corrected chi connectivity index (χ3v) is 3.92. The number of hydrogen-bond donors (Lipinski definition) is 0. The van der Waals surface area contributed by atoms with Crippen molar-refractivity contribution in [2.75, 3.05) is 0 Å². The fraction of sp³-hybridized carbons (Fsp3) is 0.556. The van der Waals surface area contributed by atoms with Gasteiger partial charge in [0.15, 0.2) is 0 Å². The minimum Gasteiger partial charge on any atom is -0.0885 e. The molecule has 0 unspecified atom stereocenters. The zero-order chi connectivity index (χ0) is 13.8. The van der Waals surface area contributed by atoms with E-state index in [0.29, 0.717) is 0 Å². The predicted molar refractivity (Wildman–Crippen MR) is 89.6 cm³/mol. The van der Waals surface area contributed by atoms with Crippen molar-refractivity contribution in [2.45, 2.75) is 64.7 Å². The van der Waals surface area contributed by atoms with Gasteiger partial charge in [-0.05, 0) is 49.8 Å². The summed E-state index contributed by atoms with van der Waals surface area (Å²) < 4.78 is 1.17. The molecule has 0 nitrogen and oxygen atoms in total. The number of rotatable bonds is 10. The van der Waals surface area contributed by atoms with Crippen LogP contribution < -0.4 is 0 Å². The van der Waals surface area contributed by atoms with Crippen LogP contribution in [0.1, 0.15) is 63.9 Å². The third-order valence-electron chi connectivity index (χ3n) is 3.39. The molecule has 0 spiro atoms. The molecule has 1 aromatic carbocycles. The largest absolute Gasteiger partial charge is 0.0885 e. The zero-order valence-electron chi connectivity index (χ0n) is 12.2. The normalized spacial score (nSPS) is 11.3. The van der Waals surface area contributed by atoms with E-state index in [1.54, 1.807) is 0 Å². The Hall–Kier alpha value is -0.560. The summed E-state index contributed by atoms with van der Waals surface area (Å²) >= 11 is 3.47. The standard InChI is InChI=1S/C18H27Br/c1-2-3-4-5-6-7-8-9-10-11-12-17-13-15-18(19)16-14-17/h8-9,13-16H,2-7,10-12H2,1H3. The van der Waals surface area contributed by atoms with Crippen LogP contribution in [0.25, 0.3) is 0 Å². The highest BCUT2D eigenvalue weighted by molar-refractivity contribution is 9.10. The minimum atomic E-state index is 1.17. The fourth-order valence-corrected chi connectivity index (χ4v) is 2.44. The Kier molecular flexibility index (Phi) is 9.79. The monoisotopic (exact) mass is 322 g/mol. The van der Waals surface area contributed by atoms with Crippen molar-refractivity contribution in [1.29, 1.82) is 0 Å². The first-order valence-electron chi connectivity index (χ1n) is 7.72. The third kappa shape index (κ3) is 9.04. The van der Waals surface area contributed by atoms with E-state index < -0.39 is 0 Å². The summed E-state index contributed by atoms with van der Waals surface area (Å²) in [6.45, 7) is 2.27. The first-order chi connectivity index (χ1) is 9.33. The van der Waals surface area contributed by atoms with E-state index >= 15 is 0 Å². The van der Waals surface area contributed by atoms with Crippen molar-refractivity contribution in [3.63, 3.8) is 0 Å². The molecule has 106 valence electrons. The number of allylic oxidation sites excluding steroid dienone is 2. The average molecular weight is 323 g/mol. The van der Waals surface area contributed by atoms with Crippen molar-refractivity contribution in [3.05, 3.63) is 46.5 Å². The van der Waals surface area contributed by atoms with E-state index in [4.69, 9.17) is 0 Å². The maximum absolute atomic E-state index is 3.47. The number of unbranched alkanes of at least 4 members (excludes halogenated alkanes) is 6. The van der Waals surface area contributed by atoms with Gasteiger partial charge >= 0.3 is 0 Å². The van der Waals surface area contributed by atoms with Crippen LogP contribution in [0, 0.1) is 0 Å². The zero-order valence-corrected chi connectivity index (χ0v) is 13.8. The molecule has 0 aliphatic heterocycles. The van der Waals surface area contributed by atoms with Crippen molar-refractivity contribution >= 4 is 15.9 Å². The molecule has 0 atom stereocenters. The summed E-state index contributed by atoms with van der Waals surface area (Å²) in [7, 11) is 0. The molecular formula is C18H27Br. The average Bonchev–Trinajstić information content (AvgIpc) is 2.43. The maximum Gasteiger partial charge on any atom is 0.0175 e. The molecule has 0 saturated carbocycles. The Morgan fingerprint density at radius 2 is 1.47 bits per heavy atom. The van der Waals surface area contributed by atoms with Gasteiger partial charge < -0.3 is 0 Å². The first-order valence-corrected chi connectivity index (χ1v) is 8.51. The highest BCUT2D eigenvalue weighted by Crippen LogP contribution is 2.12. The highest BCUT2D eigenvalue weighted by Gasteiger charge is 1.92. The maximum atomic E-state index is 3.47. The molecule has 1 rings (SSSR count). The Morgan fingerprint density at radius 3 is 2.16 bits per heavy atom. The van der Waals surface area contributed by atoms with Crippen LogP contribution >= 0.6 is 15.9 Å². The molecule has 1 aromatic rings. The predicted octanol–water partition coefficient (Wildman–Crippen LogP) is 6.69. The summed E-state index contributed by atoms with van der Waals surface area (Å²) in [5.74, 6) is 0. The Bertz CT molecular complexity index is 337. The van der Waals surface area contributed by atoms with Crippen molar-refractivity contribution < 1.29 is 0 Å². The summed E-state index contributed by atoms with van der Waals surface area (Å²) in [6, 6.07) is 8.67. The van der Waals surface area contributed by atoms with Gasteiger partial charge in [-0.2, -0.15) is 0 Å². The molecule has 0 radical (unpaired) electrons. The lowest BCUT2D eigenvalue weighted by Gasteiger charge is -1.99. The van der Waals surface area contributed by atoms with E-state index in [0.717, 1.165) is 0 Å². The van der Waals surface area contributed by atoms with Gasteiger partial charge in [0.25, 0.3) is 0 Å². The van der Waals surface area contributed by atoms with E-state index in [1.165, 1.54) is 67.8 Å². The molecule has 0 aliphatic rings. The Morgan fingerprint density at radius 1 is 0.842 bits per heavy atom. The molecule has 0 aromatic heterocycles. The Labute approximate surface area is 127 Å². The summed E-state index contributed by atoms with van der Waals surface area (Å²) in [6.07, 6.45) is 16.6. The van der Waals surface area contributed by atoms with Gasteiger partial charge in [-0.1, -0.05) is 72.8 Å². The topological polar surface area (TPSA) is 0 Å². The molecule has 0 heterocycles. The molecule has 19 heavy (non-hydrogen) atoms.